The van der Waals surface area contributed by atoms with E-state index in [1.54, 1.807) is 62.4 Å². The van der Waals surface area contributed by atoms with Crippen molar-refractivity contribution in [3.63, 3.8) is 0 Å². The number of carbonyl (C=O) groups excluding carboxylic acids is 1. The lowest BCUT2D eigenvalue weighted by Crippen LogP contribution is -2.10. The van der Waals surface area contributed by atoms with E-state index < -0.39 is 13.8 Å². The molecule has 174 valence electrons. The molecule has 8 nitrogen and oxygen atoms in total. The minimum absolute atomic E-state index is 0.240. The second-order valence-electron chi connectivity index (χ2n) is 6.47. The van der Waals surface area contributed by atoms with Gasteiger partial charge in [-0.25, -0.2) is 9.36 Å². The number of rotatable bonds is 14. The molecule has 0 unspecified atom stereocenters. The summed E-state index contributed by atoms with van der Waals surface area (Å²) >= 11 is 4.90. The molecule has 2 aromatic rings. The van der Waals surface area contributed by atoms with E-state index in [1.165, 1.54) is 0 Å². The molecule has 0 heterocycles. The number of ether oxygens (including phenoxy) is 2. The fourth-order valence-corrected chi connectivity index (χ4v) is 3.88. The van der Waals surface area contributed by atoms with Gasteiger partial charge in [-0.3, -0.25) is 13.6 Å². The van der Waals surface area contributed by atoms with Gasteiger partial charge in [-0.15, -0.1) is 0 Å². The Hall–Kier alpha value is -2.29. The number of benzene rings is 2. The van der Waals surface area contributed by atoms with Crippen molar-refractivity contribution in [2.45, 2.75) is 26.7 Å². The lowest BCUT2D eigenvalue weighted by molar-refractivity contribution is 0.0734. The zero-order valence-electron chi connectivity index (χ0n) is 18.2. The van der Waals surface area contributed by atoms with Crippen molar-refractivity contribution in [3.05, 3.63) is 59.7 Å². The minimum Gasteiger partial charge on any atom is -0.494 e. The van der Waals surface area contributed by atoms with Gasteiger partial charge in [-0.05, 0) is 75.2 Å². The molecule has 10 heteroatoms. The topological polar surface area (TPSA) is 106 Å². The lowest BCUT2D eigenvalue weighted by Gasteiger charge is -2.16. The molecule has 2 aromatic carbocycles. The van der Waals surface area contributed by atoms with Crippen molar-refractivity contribution >= 4 is 31.0 Å². The van der Waals surface area contributed by atoms with Crippen LogP contribution in [0.3, 0.4) is 0 Å². The van der Waals surface area contributed by atoms with Gasteiger partial charge in [-0.2, -0.15) is 0 Å². The first-order valence-corrected chi connectivity index (χ1v) is 12.1. The lowest BCUT2D eigenvalue weighted by atomic mass is 10.2. The largest absolute Gasteiger partial charge is 0.494 e. The highest BCUT2D eigenvalue weighted by Crippen LogP contribution is 2.49. The van der Waals surface area contributed by atoms with Crippen molar-refractivity contribution in [1.29, 1.82) is 0 Å². The van der Waals surface area contributed by atoms with E-state index in [4.69, 9.17) is 41.0 Å². The summed E-state index contributed by atoms with van der Waals surface area (Å²) < 4.78 is 38.5. The Morgan fingerprint density at radius 2 is 1.38 bits per heavy atom. The number of phosphoric acid groups is 1. The first-order chi connectivity index (χ1) is 15.4. The van der Waals surface area contributed by atoms with Gasteiger partial charge in [0.15, 0.2) is 0 Å². The highest BCUT2D eigenvalue weighted by atomic mass is 32.1. The molecule has 0 fully saturated rings. The number of carbonyl (C=O) groups is 1. The predicted octanol–water partition coefficient (Wildman–Crippen LogP) is 4.90. The maximum atomic E-state index is 12.3. The molecule has 0 saturated carbocycles. The first kappa shape index (κ1) is 26.0. The van der Waals surface area contributed by atoms with Crippen LogP contribution in [0.15, 0.2) is 48.5 Å². The van der Waals surface area contributed by atoms with E-state index in [0.29, 0.717) is 42.1 Å². The molecule has 32 heavy (non-hydrogen) atoms. The highest BCUT2D eigenvalue weighted by Gasteiger charge is 2.24. The standard InChI is InChI=1S/C22H28NO7PS/c1-3-27-31(25,28-4-2)29-16-6-5-15-26-19-11-9-18(10-12-19)22(24)30-20-13-7-17(8-14-20)21(23)32/h7-14H,3-6,15-16H2,1-2H3,(H2,23,32). The van der Waals surface area contributed by atoms with Crippen LogP contribution in [-0.4, -0.2) is 37.4 Å². The number of hydrogen-bond donors (Lipinski definition) is 1. The van der Waals surface area contributed by atoms with Crippen LogP contribution in [0.4, 0.5) is 0 Å². The zero-order valence-corrected chi connectivity index (χ0v) is 19.9. The number of hydrogen-bond acceptors (Lipinski definition) is 8. The molecule has 2 N–H and O–H groups in total. The van der Waals surface area contributed by atoms with Crippen molar-refractivity contribution in [3.8, 4) is 11.5 Å². The Labute approximate surface area is 193 Å². The summed E-state index contributed by atoms with van der Waals surface area (Å²) in [4.78, 5) is 12.6. The summed E-state index contributed by atoms with van der Waals surface area (Å²) in [5.74, 6) is 0.540. The molecule has 0 spiro atoms. The number of esters is 1. The van der Waals surface area contributed by atoms with E-state index in [1.807, 2.05) is 0 Å². The maximum Gasteiger partial charge on any atom is 0.474 e. The fourth-order valence-electron chi connectivity index (χ4n) is 2.54. The highest BCUT2D eigenvalue weighted by molar-refractivity contribution is 7.80. The quantitative estimate of drug-likeness (QED) is 0.133. The number of phosphoric ester groups is 1. The Balaban J connectivity index is 1.72. The molecule has 0 amide bonds. The molecule has 0 aromatic heterocycles. The first-order valence-electron chi connectivity index (χ1n) is 10.3. The second kappa shape index (κ2) is 13.3. The van der Waals surface area contributed by atoms with Crippen molar-refractivity contribution in [1.82, 2.24) is 0 Å². The summed E-state index contributed by atoms with van der Waals surface area (Å²) in [6, 6.07) is 13.3. The minimum atomic E-state index is -3.47. The van der Waals surface area contributed by atoms with Gasteiger partial charge in [-0.1, -0.05) is 12.2 Å². The van der Waals surface area contributed by atoms with Crippen molar-refractivity contribution in [2.24, 2.45) is 5.73 Å². The molecule has 2 rings (SSSR count). The van der Waals surface area contributed by atoms with Crippen LogP contribution in [-0.2, 0) is 18.1 Å². The average Bonchev–Trinajstić information content (AvgIpc) is 2.77. The van der Waals surface area contributed by atoms with Crippen LogP contribution in [0.2, 0.25) is 0 Å². The Morgan fingerprint density at radius 3 is 1.94 bits per heavy atom. The molecule has 0 radical (unpaired) electrons. The maximum absolute atomic E-state index is 12.3. The van der Waals surface area contributed by atoms with Crippen LogP contribution >= 0.6 is 20.0 Å². The van der Waals surface area contributed by atoms with E-state index in [2.05, 4.69) is 0 Å². The van der Waals surface area contributed by atoms with E-state index in [0.717, 1.165) is 0 Å². The van der Waals surface area contributed by atoms with Gasteiger partial charge in [0.25, 0.3) is 0 Å². The fraction of sp³-hybridized carbons (Fsp3) is 0.364. The second-order valence-corrected chi connectivity index (χ2v) is 8.58. The third-order valence-corrected chi connectivity index (χ3v) is 5.95. The van der Waals surface area contributed by atoms with Crippen LogP contribution in [0.25, 0.3) is 0 Å². The van der Waals surface area contributed by atoms with E-state index in [9.17, 15) is 9.36 Å². The van der Waals surface area contributed by atoms with Crippen molar-refractivity contribution < 1.29 is 32.4 Å². The van der Waals surface area contributed by atoms with Gasteiger partial charge in [0, 0.05) is 5.56 Å². The van der Waals surface area contributed by atoms with E-state index in [-0.39, 0.29) is 24.8 Å². The molecule has 0 aliphatic rings. The molecule has 0 bridgehead atoms. The summed E-state index contributed by atoms with van der Waals surface area (Å²) in [5.41, 5.74) is 6.65. The summed E-state index contributed by atoms with van der Waals surface area (Å²) in [6.45, 7) is 4.63. The normalized spacial score (nSPS) is 11.2. The molecule has 0 aliphatic heterocycles. The van der Waals surface area contributed by atoms with Crippen LogP contribution in [0.5, 0.6) is 11.5 Å². The van der Waals surface area contributed by atoms with Gasteiger partial charge in [0.2, 0.25) is 0 Å². The summed E-state index contributed by atoms with van der Waals surface area (Å²) in [6.07, 6.45) is 1.31. The van der Waals surface area contributed by atoms with Crippen LogP contribution in [0, 0.1) is 0 Å². The molecular formula is C22H28NO7PS. The van der Waals surface area contributed by atoms with Gasteiger partial charge >= 0.3 is 13.8 Å². The van der Waals surface area contributed by atoms with Crippen LogP contribution in [0.1, 0.15) is 42.6 Å². The molecule has 0 aliphatic carbocycles. The number of nitrogens with two attached hydrogens (primary N) is 1. The zero-order chi connectivity index (χ0) is 23.4. The summed E-state index contributed by atoms with van der Waals surface area (Å²) in [7, 11) is -3.47. The number of thiocarbonyl (C=S) groups is 1. The third kappa shape index (κ3) is 8.68. The predicted molar refractivity (Wildman–Crippen MR) is 125 cm³/mol. The number of unbranched alkanes of at least 4 members (excludes halogenated alkanes) is 1. The van der Waals surface area contributed by atoms with Gasteiger partial charge < -0.3 is 15.2 Å². The average molecular weight is 482 g/mol. The van der Waals surface area contributed by atoms with Gasteiger partial charge in [0.05, 0.1) is 32.0 Å². The molecule has 0 saturated heterocycles. The SMILES string of the molecule is CCOP(=O)(OCC)OCCCCOc1ccc(C(=O)Oc2ccc(C(N)=S)cc2)cc1. The van der Waals surface area contributed by atoms with E-state index >= 15 is 0 Å². The smallest absolute Gasteiger partial charge is 0.474 e. The Bertz CT molecular complexity index is 909. The molecular weight excluding hydrogens is 453 g/mol. The van der Waals surface area contributed by atoms with Crippen molar-refractivity contribution in [2.75, 3.05) is 26.4 Å². The third-order valence-electron chi connectivity index (χ3n) is 4.07. The Kier molecular flexibility index (Phi) is 10.8. The summed E-state index contributed by atoms with van der Waals surface area (Å²) in [5, 5.41) is 0. The van der Waals surface area contributed by atoms with Gasteiger partial charge in [0.1, 0.15) is 16.5 Å². The van der Waals surface area contributed by atoms with Crippen LogP contribution < -0.4 is 15.2 Å². The Morgan fingerprint density at radius 1 is 0.844 bits per heavy atom. The monoisotopic (exact) mass is 481 g/mol. The molecule has 0 atom stereocenters.